The molecule has 0 aromatic heterocycles. The Morgan fingerprint density at radius 3 is 1.67 bits per heavy atom. The number of fused-ring (bicyclic) bond motifs is 1. The van der Waals surface area contributed by atoms with Gasteiger partial charge in [-0.1, -0.05) is 65.8 Å². The molecule has 0 heterocycles. The fourth-order valence-electron chi connectivity index (χ4n) is 4.14. The van der Waals surface area contributed by atoms with Crippen LogP contribution in [0.4, 0.5) is 0 Å². The van der Waals surface area contributed by atoms with Gasteiger partial charge >= 0.3 is 0 Å². The van der Waals surface area contributed by atoms with Crippen molar-refractivity contribution in [1.29, 1.82) is 0 Å². The molecule has 0 amide bonds. The summed E-state index contributed by atoms with van der Waals surface area (Å²) < 4.78 is 6.00. The summed E-state index contributed by atoms with van der Waals surface area (Å²) in [5.74, 6) is 1.44. The van der Waals surface area contributed by atoms with Gasteiger partial charge in [0, 0.05) is 0 Å². The van der Waals surface area contributed by atoms with Gasteiger partial charge in [0.05, 0.1) is 0 Å². The highest BCUT2D eigenvalue weighted by molar-refractivity contribution is 5.84. The van der Waals surface area contributed by atoms with Gasteiger partial charge in [0.1, 0.15) is 11.4 Å². The van der Waals surface area contributed by atoms with E-state index < -0.39 is 0 Å². The third-order valence-corrected chi connectivity index (χ3v) is 4.33. The van der Waals surface area contributed by atoms with Crippen LogP contribution in [0, 0.1) is 10.8 Å². The van der Waals surface area contributed by atoms with Crippen molar-refractivity contribution < 1.29 is 4.74 Å². The van der Waals surface area contributed by atoms with Crippen LogP contribution >= 0.6 is 0 Å². The maximum absolute atomic E-state index is 6.00. The van der Waals surface area contributed by atoms with E-state index in [-0.39, 0.29) is 16.4 Å². The molecule has 2 aromatic carbocycles. The Morgan fingerprint density at radius 2 is 1.17 bits per heavy atom. The Bertz CT molecular complexity index is 691. The molecule has 2 rings (SSSR count). The second-order valence-corrected chi connectivity index (χ2v) is 10.1. The molecule has 0 N–H and O–H groups in total. The van der Waals surface area contributed by atoms with E-state index in [1.807, 2.05) is 0 Å². The molecule has 24 heavy (non-hydrogen) atoms. The lowest BCUT2D eigenvalue weighted by Gasteiger charge is -2.41. The fraction of sp³-hybridized carbons (Fsp3) is 0.565. The summed E-state index contributed by atoms with van der Waals surface area (Å²) in [5.41, 5.74) is 1.70. The van der Waals surface area contributed by atoms with E-state index in [0.29, 0.717) is 5.92 Å². The molecule has 0 bridgehead atoms. The van der Waals surface area contributed by atoms with Crippen molar-refractivity contribution in [2.45, 2.75) is 73.8 Å². The Labute approximate surface area is 148 Å². The largest absolute Gasteiger partial charge is 0.488 e. The summed E-state index contributed by atoms with van der Waals surface area (Å²) in [5, 5.41) is 2.52. The summed E-state index contributed by atoms with van der Waals surface area (Å²) in [7, 11) is 0. The van der Waals surface area contributed by atoms with Crippen molar-refractivity contribution in [1.82, 2.24) is 0 Å². The van der Waals surface area contributed by atoms with Crippen LogP contribution in [-0.4, -0.2) is 5.60 Å². The number of ether oxygens (including phenoxy) is 1. The molecule has 0 unspecified atom stereocenters. The van der Waals surface area contributed by atoms with Crippen molar-refractivity contribution in [3.8, 4) is 5.75 Å². The third kappa shape index (κ3) is 4.53. The molecule has 0 saturated heterocycles. The molecule has 0 spiro atoms. The van der Waals surface area contributed by atoms with Crippen LogP contribution in [0.15, 0.2) is 36.4 Å². The Balaban J connectivity index is 2.46. The molecule has 0 aliphatic rings. The van der Waals surface area contributed by atoms with Gasteiger partial charge in [-0.15, -0.1) is 0 Å². The van der Waals surface area contributed by atoms with Gasteiger partial charge in [-0.05, 0) is 66.0 Å². The van der Waals surface area contributed by atoms with Crippen LogP contribution in [0.5, 0.6) is 5.75 Å². The van der Waals surface area contributed by atoms with E-state index in [9.17, 15) is 0 Å². The first-order chi connectivity index (χ1) is 10.8. The summed E-state index contributed by atoms with van der Waals surface area (Å²) in [4.78, 5) is 0. The second-order valence-electron chi connectivity index (χ2n) is 10.1. The molecule has 1 heteroatoms. The van der Waals surface area contributed by atoms with Gasteiger partial charge < -0.3 is 4.74 Å². The lowest BCUT2D eigenvalue weighted by Crippen LogP contribution is -2.30. The second kappa shape index (κ2) is 6.10. The molecular formula is C23H34O. The van der Waals surface area contributed by atoms with Crippen molar-refractivity contribution in [3.05, 3.63) is 42.0 Å². The maximum atomic E-state index is 6.00. The minimum atomic E-state index is -0.169. The molecule has 1 nitrogen and oxygen atoms in total. The molecule has 0 saturated carbocycles. The Morgan fingerprint density at radius 1 is 0.667 bits per heavy atom. The van der Waals surface area contributed by atoms with Crippen molar-refractivity contribution in [2.24, 2.45) is 10.8 Å². The minimum Gasteiger partial charge on any atom is -0.488 e. The highest BCUT2D eigenvalue weighted by Crippen LogP contribution is 2.47. The Kier molecular flexibility index (Phi) is 4.78. The van der Waals surface area contributed by atoms with Crippen LogP contribution in [0.2, 0.25) is 0 Å². The number of rotatable bonds is 2. The zero-order valence-electron chi connectivity index (χ0n) is 16.9. The fourth-order valence-corrected chi connectivity index (χ4v) is 4.14. The Hall–Kier alpha value is -1.50. The number of hydrogen-bond acceptors (Lipinski definition) is 1. The van der Waals surface area contributed by atoms with Crippen LogP contribution in [0.25, 0.3) is 10.8 Å². The molecule has 132 valence electrons. The lowest BCUT2D eigenvalue weighted by molar-refractivity contribution is 0.131. The standard InChI is InChI=1S/C23H34O/c1-21(2,3)20(22(4,5)6)18-11-10-17-15-19(24-23(7,8)9)13-12-16(17)14-18/h10-15,20H,1-9H3. The molecule has 0 atom stereocenters. The van der Waals surface area contributed by atoms with Crippen LogP contribution in [0.1, 0.15) is 73.8 Å². The lowest BCUT2D eigenvalue weighted by atomic mass is 9.63. The van der Waals surface area contributed by atoms with Crippen LogP contribution in [0.3, 0.4) is 0 Å². The maximum Gasteiger partial charge on any atom is 0.120 e. The predicted octanol–water partition coefficient (Wildman–Crippen LogP) is 7.19. The average molecular weight is 327 g/mol. The van der Waals surface area contributed by atoms with Crippen LogP contribution in [-0.2, 0) is 0 Å². The zero-order valence-corrected chi connectivity index (χ0v) is 16.9. The quantitative estimate of drug-likeness (QED) is 0.567. The van der Waals surface area contributed by atoms with Gasteiger partial charge in [0.15, 0.2) is 0 Å². The van der Waals surface area contributed by atoms with Crippen molar-refractivity contribution >= 4 is 10.8 Å². The highest BCUT2D eigenvalue weighted by Gasteiger charge is 2.36. The SMILES string of the molecule is CC(C)(C)Oc1ccc2cc(C(C(C)(C)C)C(C)(C)C)ccc2c1. The summed E-state index contributed by atoms with van der Waals surface area (Å²) in [6.07, 6.45) is 0. The first kappa shape index (κ1) is 18.8. The molecule has 0 aliphatic heterocycles. The summed E-state index contributed by atoms with van der Waals surface area (Å²) in [6, 6.07) is 13.3. The van der Waals surface area contributed by atoms with E-state index in [0.717, 1.165) is 5.75 Å². The summed E-state index contributed by atoms with van der Waals surface area (Å²) in [6.45, 7) is 20.3. The summed E-state index contributed by atoms with van der Waals surface area (Å²) >= 11 is 0. The minimum absolute atomic E-state index is 0.169. The number of benzene rings is 2. The highest BCUT2D eigenvalue weighted by atomic mass is 16.5. The van der Waals surface area contributed by atoms with Crippen molar-refractivity contribution in [2.75, 3.05) is 0 Å². The molecule has 0 fully saturated rings. The van der Waals surface area contributed by atoms with E-state index in [1.54, 1.807) is 0 Å². The molecule has 2 aromatic rings. The normalized spacial score (nSPS) is 13.6. The predicted molar refractivity (Wildman–Crippen MR) is 106 cm³/mol. The molecule has 0 aliphatic carbocycles. The monoisotopic (exact) mass is 326 g/mol. The van der Waals surface area contributed by atoms with Gasteiger partial charge in [0.25, 0.3) is 0 Å². The van der Waals surface area contributed by atoms with E-state index >= 15 is 0 Å². The van der Waals surface area contributed by atoms with E-state index in [4.69, 9.17) is 4.74 Å². The molecule has 0 radical (unpaired) electrons. The zero-order chi connectivity index (χ0) is 18.3. The van der Waals surface area contributed by atoms with Gasteiger partial charge in [0.2, 0.25) is 0 Å². The van der Waals surface area contributed by atoms with Crippen molar-refractivity contribution in [3.63, 3.8) is 0 Å². The van der Waals surface area contributed by atoms with Gasteiger partial charge in [-0.2, -0.15) is 0 Å². The van der Waals surface area contributed by atoms with Gasteiger partial charge in [-0.3, -0.25) is 0 Å². The van der Waals surface area contributed by atoms with Gasteiger partial charge in [-0.25, -0.2) is 0 Å². The van der Waals surface area contributed by atoms with E-state index in [1.165, 1.54) is 16.3 Å². The topological polar surface area (TPSA) is 9.23 Å². The first-order valence-corrected chi connectivity index (χ1v) is 9.00. The van der Waals surface area contributed by atoms with Crippen LogP contribution < -0.4 is 4.74 Å². The first-order valence-electron chi connectivity index (χ1n) is 9.00. The average Bonchev–Trinajstić information content (AvgIpc) is 2.33. The van der Waals surface area contributed by atoms with E-state index in [2.05, 4.69) is 98.7 Å². The molecular weight excluding hydrogens is 292 g/mol. The number of hydrogen-bond donors (Lipinski definition) is 0. The smallest absolute Gasteiger partial charge is 0.120 e. The third-order valence-electron chi connectivity index (χ3n) is 4.33.